The van der Waals surface area contributed by atoms with Crippen molar-refractivity contribution < 1.29 is 4.79 Å². The van der Waals surface area contributed by atoms with Gasteiger partial charge in [0, 0.05) is 23.0 Å². The molecular weight excluding hydrogens is 377 g/mol. The first-order valence-electron chi connectivity index (χ1n) is 6.60. The van der Waals surface area contributed by atoms with Crippen molar-refractivity contribution in [2.24, 2.45) is 5.73 Å². The van der Waals surface area contributed by atoms with Crippen LogP contribution in [0, 0.1) is 0 Å². The lowest BCUT2D eigenvalue weighted by molar-refractivity contribution is -0.120. The van der Waals surface area contributed by atoms with Crippen LogP contribution in [0.1, 0.15) is 19.5 Å². The van der Waals surface area contributed by atoms with Crippen LogP contribution in [0.2, 0.25) is 5.02 Å². The van der Waals surface area contributed by atoms with Crippen molar-refractivity contribution in [1.82, 2.24) is 10.3 Å². The summed E-state index contributed by atoms with van der Waals surface area (Å²) in [7, 11) is 0. The molecule has 0 unspecified atom stereocenters. The fraction of sp³-hybridized carbons (Fsp3) is 0.333. The number of rotatable bonds is 5. The number of benzene rings is 1. The maximum Gasteiger partial charge on any atom is 0.226 e. The number of nitrogens with two attached hydrogens (primary N) is 1. The molecule has 0 bridgehead atoms. The second-order valence-electron chi connectivity index (χ2n) is 5.57. The van der Waals surface area contributed by atoms with Crippen molar-refractivity contribution in [3.05, 3.63) is 40.4 Å². The van der Waals surface area contributed by atoms with Gasteiger partial charge >= 0.3 is 0 Å². The molecule has 128 valence electrons. The van der Waals surface area contributed by atoms with Crippen LogP contribution in [0.4, 0.5) is 0 Å². The third kappa shape index (κ3) is 7.06. The second kappa shape index (κ2) is 9.45. The summed E-state index contributed by atoms with van der Waals surface area (Å²) in [5.41, 5.74) is 7.04. The minimum Gasteiger partial charge on any atom is -0.354 e. The van der Waals surface area contributed by atoms with Gasteiger partial charge in [0.05, 0.1) is 17.1 Å². The monoisotopic (exact) mass is 395 g/mol. The van der Waals surface area contributed by atoms with Gasteiger partial charge in [0.25, 0.3) is 0 Å². The molecule has 0 atom stereocenters. The van der Waals surface area contributed by atoms with Gasteiger partial charge in [0.1, 0.15) is 5.01 Å². The van der Waals surface area contributed by atoms with Crippen molar-refractivity contribution in [3.8, 4) is 10.6 Å². The van der Waals surface area contributed by atoms with Gasteiger partial charge in [-0.3, -0.25) is 4.79 Å². The van der Waals surface area contributed by atoms with E-state index in [9.17, 15) is 4.79 Å². The van der Waals surface area contributed by atoms with E-state index in [4.69, 9.17) is 17.3 Å². The zero-order valence-corrected chi connectivity index (χ0v) is 16.0. The maximum atomic E-state index is 11.8. The highest BCUT2D eigenvalue weighted by Crippen LogP contribution is 2.30. The van der Waals surface area contributed by atoms with E-state index in [0.29, 0.717) is 11.6 Å². The fourth-order valence-corrected chi connectivity index (χ4v) is 2.84. The lowest BCUT2D eigenvalue weighted by Gasteiger charge is -2.18. The highest BCUT2D eigenvalue weighted by atomic mass is 35.5. The van der Waals surface area contributed by atoms with Gasteiger partial charge < -0.3 is 11.1 Å². The smallest absolute Gasteiger partial charge is 0.226 e. The van der Waals surface area contributed by atoms with Gasteiger partial charge in [0.15, 0.2) is 0 Å². The predicted octanol–water partition coefficient (Wildman–Crippen LogP) is 3.70. The van der Waals surface area contributed by atoms with Crippen LogP contribution in [-0.2, 0) is 11.2 Å². The number of carbonyl (C=O) groups is 1. The maximum absolute atomic E-state index is 11.8. The molecule has 2 aromatic rings. The molecule has 0 aliphatic heterocycles. The van der Waals surface area contributed by atoms with Crippen LogP contribution in [-0.4, -0.2) is 23.0 Å². The average Bonchev–Trinajstić information content (AvgIpc) is 2.84. The van der Waals surface area contributed by atoms with Crippen LogP contribution >= 0.6 is 47.8 Å². The lowest BCUT2D eigenvalue weighted by atomic mass is 10.1. The van der Waals surface area contributed by atoms with Crippen LogP contribution < -0.4 is 11.1 Å². The zero-order chi connectivity index (χ0) is 15.5. The Labute approximate surface area is 157 Å². The number of carbonyl (C=O) groups excluding carboxylic acids is 1. The van der Waals surface area contributed by atoms with Crippen molar-refractivity contribution in [2.45, 2.75) is 25.8 Å². The SMILES string of the molecule is CC(C)(N)CNC(=O)Cc1csc(-c2ccccc2Cl)n1.Cl.Cl. The number of amides is 1. The molecule has 1 amide bonds. The van der Waals surface area contributed by atoms with Crippen molar-refractivity contribution in [1.29, 1.82) is 0 Å². The van der Waals surface area contributed by atoms with Gasteiger partial charge in [-0.2, -0.15) is 0 Å². The summed E-state index contributed by atoms with van der Waals surface area (Å²) in [6.07, 6.45) is 0.247. The summed E-state index contributed by atoms with van der Waals surface area (Å²) in [4.78, 5) is 16.3. The molecule has 1 heterocycles. The number of thiazole rings is 1. The van der Waals surface area contributed by atoms with Crippen LogP contribution in [0.15, 0.2) is 29.6 Å². The third-order valence-corrected chi connectivity index (χ3v) is 3.99. The van der Waals surface area contributed by atoms with Gasteiger partial charge in [-0.25, -0.2) is 4.98 Å². The third-order valence-electron chi connectivity index (χ3n) is 2.74. The molecular formula is C15H20Cl3N3OS. The van der Waals surface area contributed by atoms with Crippen LogP contribution in [0.5, 0.6) is 0 Å². The van der Waals surface area contributed by atoms with Gasteiger partial charge in [-0.05, 0) is 19.9 Å². The standard InChI is InChI=1S/C15H18ClN3OS.2ClH/c1-15(2,17)9-18-13(20)7-10-8-21-14(19-10)11-5-3-4-6-12(11)16;;/h3-6,8H,7,9,17H2,1-2H3,(H,18,20);2*1H. The first-order chi connectivity index (χ1) is 9.85. The predicted molar refractivity (Wildman–Crippen MR) is 102 cm³/mol. The zero-order valence-electron chi connectivity index (χ0n) is 12.8. The van der Waals surface area contributed by atoms with E-state index in [-0.39, 0.29) is 37.1 Å². The van der Waals surface area contributed by atoms with Crippen molar-refractivity contribution in [2.75, 3.05) is 6.54 Å². The highest BCUT2D eigenvalue weighted by Gasteiger charge is 2.14. The molecule has 0 spiro atoms. The Morgan fingerprint density at radius 2 is 2.00 bits per heavy atom. The summed E-state index contributed by atoms with van der Waals surface area (Å²) >= 11 is 7.63. The number of aromatic nitrogens is 1. The van der Waals surface area contributed by atoms with E-state index in [1.54, 1.807) is 0 Å². The van der Waals surface area contributed by atoms with E-state index in [2.05, 4.69) is 10.3 Å². The molecule has 3 N–H and O–H groups in total. The Balaban J connectivity index is 0.00000242. The first kappa shape index (κ1) is 22.2. The summed E-state index contributed by atoms with van der Waals surface area (Å²) in [5, 5.41) is 6.17. The molecule has 0 aliphatic rings. The second-order valence-corrected chi connectivity index (χ2v) is 6.83. The van der Waals surface area contributed by atoms with Gasteiger partial charge in [-0.15, -0.1) is 36.2 Å². The number of hydrogen-bond acceptors (Lipinski definition) is 4. The number of hydrogen-bond donors (Lipinski definition) is 2. The first-order valence-corrected chi connectivity index (χ1v) is 7.86. The molecule has 2 rings (SSSR count). The van der Waals surface area contributed by atoms with E-state index < -0.39 is 5.54 Å². The minimum absolute atomic E-state index is 0. The minimum atomic E-state index is -0.416. The van der Waals surface area contributed by atoms with Crippen molar-refractivity contribution >= 4 is 53.7 Å². The molecule has 23 heavy (non-hydrogen) atoms. The fourth-order valence-electron chi connectivity index (χ4n) is 1.70. The summed E-state index contributed by atoms with van der Waals surface area (Å²) in [5.74, 6) is -0.0791. The van der Waals surface area contributed by atoms with E-state index >= 15 is 0 Å². The molecule has 0 saturated carbocycles. The summed E-state index contributed by atoms with van der Waals surface area (Å²) in [6, 6.07) is 7.54. The Morgan fingerprint density at radius 1 is 1.35 bits per heavy atom. The Hall–Kier alpha value is -0.850. The summed E-state index contributed by atoms with van der Waals surface area (Å²) < 4.78 is 0. The molecule has 1 aromatic heterocycles. The lowest BCUT2D eigenvalue weighted by Crippen LogP contribution is -2.45. The molecule has 0 aliphatic carbocycles. The van der Waals surface area contributed by atoms with Crippen LogP contribution in [0.25, 0.3) is 10.6 Å². The molecule has 0 radical (unpaired) electrons. The number of halogens is 3. The molecule has 8 heteroatoms. The molecule has 1 aromatic carbocycles. The quantitative estimate of drug-likeness (QED) is 0.809. The van der Waals surface area contributed by atoms with Gasteiger partial charge in [0.2, 0.25) is 5.91 Å². The Morgan fingerprint density at radius 3 is 2.61 bits per heavy atom. The van der Waals surface area contributed by atoms with E-state index in [1.807, 2.05) is 43.5 Å². The number of nitrogens with zero attached hydrogens (tertiary/aromatic N) is 1. The van der Waals surface area contributed by atoms with Crippen molar-refractivity contribution in [3.63, 3.8) is 0 Å². The highest BCUT2D eigenvalue weighted by molar-refractivity contribution is 7.13. The topological polar surface area (TPSA) is 68.0 Å². The number of nitrogens with one attached hydrogen (secondary N) is 1. The molecule has 0 fully saturated rings. The Kier molecular flexibility index (Phi) is 9.10. The Bertz CT molecular complexity index is 641. The van der Waals surface area contributed by atoms with E-state index in [1.165, 1.54) is 11.3 Å². The average molecular weight is 397 g/mol. The molecule has 4 nitrogen and oxygen atoms in total. The van der Waals surface area contributed by atoms with E-state index in [0.717, 1.165) is 16.3 Å². The summed E-state index contributed by atoms with van der Waals surface area (Å²) in [6.45, 7) is 4.17. The normalized spacial score (nSPS) is 10.4. The largest absolute Gasteiger partial charge is 0.354 e. The van der Waals surface area contributed by atoms with Crippen LogP contribution in [0.3, 0.4) is 0 Å². The van der Waals surface area contributed by atoms with Gasteiger partial charge in [-0.1, -0.05) is 29.8 Å². The molecule has 0 saturated heterocycles.